The molecule has 0 bridgehead atoms. The van der Waals surface area contributed by atoms with Crippen LogP contribution < -0.4 is 15.2 Å². The van der Waals surface area contributed by atoms with Crippen LogP contribution in [0.2, 0.25) is 0 Å². The lowest BCUT2D eigenvalue weighted by atomic mass is 10.2. The van der Waals surface area contributed by atoms with Crippen LogP contribution in [0.4, 0.5) is 0 Å². The second kappa shape index (κ2) is 5.87. The first-order valence-electron chi connectivity index (χ1n) is 5.01. The minimum absolute atomic E-state index is 0.194. The highest BCUT2D eigenvalue weighted by Crippen LogP contribution is 2.32. The molecule has 0 aromatic carbocycles. The first-order valence-corrected chi connectivity index (χ1v) is 6.90. The molecule has 8 heteroatoms. The molecule has 1 atom stereocenters. The van der Waals surface area contributed by atoms with Crippen molar-refractivity contribution in [3.05, 3.63) is 0 Å². The van der Waals surface area contributed by atoms with E-state index in [4.69, 9.17) is 22.7 Å². The second-order valence-electron chi connectivity index (χ2n) is 3.73. The van der Waals surface area contributed by atoms with Gasteiger partial charge in [-0.2, -0.15) is 17.9 Å². The second-order valence-corrected chi connectivity index (χ2v) is 5.73. The van der Waals surface area contributed by atoms with Crippen LogP contribution in [0, 0.1) is 5.92 Å². The molecule has 1 unspecified atom stereocenters. The van der Waals surface area contributed by atoms with E-state index in [0.29, 0.717) is 6.61 Å². The molecule has 4 N–H and O–H groups in total. The molecule has 94 valence electrons. The van der Waals surface area contributed by atoms with Crippen LogP contribution in [0.1, 0.15) is 12.8 Å². The predicted molar refractivity (Wildman–Crippen MR) is 65.2 cm³/mol. The maximum Gasteiger partial charge on any atom is 0.277 e. The smallest absolute Gasteiger partial charge is 0.277 e. The highest BCUT2D eigenvalue weighted by Gasteiger charge is 2.35. The van der Waals surface area contributed by atoms with Crippen molar-refractivity contribution in [2.24, 2.45) is 11.7 Å². The van der Waals surface area contributed by atoms with Gasteiger partial charge in [-0.05, 0) is 18.8 Å². The summed E-state index contributed by atoms with van der Waals surface area (Å²) in [5.74, 6) is 0.247. The third kappa shape index (κ3) is 4.71. The van der Waals surface area contributed by atoms with E-state index < -0.39 is 16.3 Å². The van der Waals surface area contributed by atoms with Crippen LogP contribution in [-0.2, 0) is 14.9 Å². The third-order valence-electron chi connectivity index (χ3n) is 2.28. The lowest BCUT2D eigenvalue weighted by Gasteiger charge is -2.17. The number of ether oxygens (including phenoxy) is 1. The number of methoxy groups -OCH3 is 1. The van der Waals surface area contributed by atoms with Gasteiger partial charge in [0.05, 0.1) is 17.6 Å². The topological polar surface area (TPSA) is 93.4 Å². The Morgan fingerprint density at radius 2 is 2.25 bits per heavy atom. The summed E-state index contributed by atoms with van der Waals surface area (Å²) in [6.45, 7) is 0.544. The van der Waals surface area contributed by atoms with Gasteiger partial charge in [-0.25, -0.2) is 0 Å². The lowest BCUT2D eigenvalue weighted by Crippen LogP contribution is -2.49. The predicted octanol–water partition coefficient (Wildman–Crippen LogP) is -0.878. The van der Waals surface area contributed by atoms with Gasteiger partial charge in [-0.15, -0.1) is 0 Å². The Bertz CT molecular complexity index is 340. The van der Waals surface area contributed by atoms with E-state index in [1.807, 2.05) is 0 Å². The van der Waals surface area contributed by atoms with Crippen LogP contribution in [0.25, 0.3) is 0 Å². The molecule has 0 aromatic rings. The van der Waals surface area contributed by atoms with E-state index in [2.05, 4.69) is 9.44 Å². The average molecular weight is 267 g/mol. The van der Waals surface area contributed by atoms with Crippen LogP contribution in [0.3, 0.4) is 0 Å². The fourth-order valence-electron chi connectivity index (χ4n) is 1.30. The normalized spacial score (nSPS) is 18.3. The highest BCUT2D eigenvalue weighted by atomic mass is 32.2. The summed E-state index contributed by atoms with van der Waals surface area (Å²) in [7, 11) is -2.05. The van der Waals surface area contributed by atoms with Crippen LogP contribution in [0.5, 0.6) is 0 Å². The first kappa shape index (κ1) is 13.8. The Morgan fingerprint density at radius 3 is 2.69 bits per heavy atom. The van der Waals surface area contributed by atoms with Crippen molar-refractivity contribution >= 4 is 27.4 Å². The van der Waals surface area contributed by atoms with Crippen molar-refractivity contribution in [1.82, 2.24) is 9.44 Å². The van der Waals surface area contributed by atoms with Gasteiger partial charge in [0, 0.05) is 13.7 Å². The Balaban J connectivity index is 2.46. The van der Waals surface area contributed by atoms with E-state index in [-0.39, 0.29) is 17.5 Å². The Morgan fingerprint density at radius 1 is 1.62 bits per heavy atom. The minimum atomic E-state index is -3.55. The third-order valence-corrected chi connectivity index (χ3v) is 3.68. The van der Waals surface area contributed by atoms with Crippen molar-refractivity contribution in [2.75, 3.05) is 20.3 Å². The summed E-state index contributed by atoms with van der Waals surface area (Å²) in [5.41, 5.74) is 5.49. The number of rotatable bonds is 8. The van der Waals surface area contributed by atoms with Gasteiger partial charge in [0.1, 0.15) is 0 Å². The standard InChI is InChI=1S/C8H17N3O3S2/c1-14-5-4-10-16(12,13)11-7(8(9)15)6-2-3-6/h6-7,10-11H,2-5H2,1H3,(H2,9,15). The molecule has 16 heavy (non-hydrogen) atoms. The number of hydrogen-bond donors (Lipinski definition) is 3. The number of nitrogens with two attached hydrogens (primary N) is 1. The van der Waals surface area contributed by atoms with Gasteiger partial charge in [0.25, 0.3) is 10.2 Å². The molecule has 0 aromatic heterocycles. The molecule has 1 aliphatic rings. The maximum absolute atomic E-state index is 11.6. The number of hydrogen-bond acceptors (Lipinski definition) is 4. The zero-order valence-corrected chi connectivity index (χ0v) is 10.7. The monoisotopic (exact) mass is 267 g/mol. The van der Waals surface area contributed by atoms with Gasteiger partial charge >= 0.3 is 0 Å². The van der Waals surface area contributed by atoms with E-state index >= 15 is 0 Å². The highest BCUT2D eigenvalue weighted by molar-refractivity contribution is 7.87. The number of nitrogens with one attached hydrogen (secondary N) is 2. The summed E-state index contributed by atoms with van der Waals surface area (Å²) in [5, 5.41) is 0. The molecule has 6 nitrogen and oxygen atoms in total. The van der Waals surface area contributed by atoms with Gasteiger partial charge in [-0.3, -0.25) is 0 Å². The summed E-state index contributed by atoms with van der Waals surface area (Å²) in [4.78, 5) is 0.194. The number of thiocarbonyl (C=S) groups is 1. The SMILES string of the molecule is COCCNS(=O)(=O)NC(C(N)=S)C1CC1. The molecule has 0 radical (unpaired) electrons. The van der Waals surface area contributed by atoms with Crippen molar-refractivity contribution in [3.63, 3.8) is 0 Å². The van der Waals surface area contributed by atoms with Crippen LogP contribution in [0.15, 0.2) is 0 Å². The Hall–Kier alpha value is -0.280. The molecule has 0 saturated heterocycles. The zero-order valence-electron chi connectivity index (χ0n) is 9.10. The zero-order chi connectivity index (χ0) is 12.2. The lowest BCUT2D eigenvalue weighted by molar-refractivity contribution is 0.204. The van der Waals surface area contributed by atoms with E-state index in [9.17, 15) is 8.42 Å². The Labute approximate surface area is 101 Å². The molecule has 0 heterocycles. The fourth-order valence-corrected chi connectivity index (χ4v) is 2.72. The van der Waals surface area contributed by atoms with Crippen molar-refractivity contribution in [2.45, 2.75) is 18.9 Å². The van der Waals surface area contributed by atoms with Gasteiger partial charge < -0.3 is 10.5 Å². The summed E-state index contributed by atoms with van der Waals surface area (Å²) in [6.07, 6.45) is 1.92. The molecule has 1 rings (SSSR count). The molecule has 1 saturated carbocycles. The van der Waals surface area contributed by atoms with Gasteiger partial charge in [-0.1, -0.05) is 12.2 Å². The summed E-state index contributed by atoms with van der Waals surface area (Å²) < 4.78 is 32.7. The molecule has 0 aliphatic heterocycles. The molecular formula is C8H17N3O3S2. The molecule has 1 aliphatic carbocycles. The molecular weight excluding hydrogens is 250 g/mol. The fraction of sp³-hybridized carbons (Fsp3) is 0.875. The molecule has 1 fully saturated rings. The van der Waals surface area contributed by atoms with Crippen LogP contribution in [-0.4, -0.2) is 39.7 Å². The first-order chi connectivity index (χ1) is 7.46. The summed E-state index contributed by atoms with van der Waals surface area (Å²) in [6, 6.07) is -0.435. The van der Waals surface area contributed by atoms with Crippen molar-refractivity contribution in [1.29, 1.82) is 0 Å². The molecule has 0 spiro atoms. The largest absolute Gasteiger partial charge is 0.392 e. The van der Waals surface area contributed by atoms with Gasteiger partial charge in [0.15, 0.2) is 0 Å². The maximum atomic E-state index is 11.6. The van der Waals surface area contributed by atoms with E-state index in [1.165, 1.54) is 7.11 Å². The van der Waals surface area contributed by atoms with E-state index in [1.54, 1.807) is 0 Å². The molecule has 0 amide bonds. The van der Waals surface area contributed by atoms with Crippen molar-refractivity contribution in [3.8, 4) is 0 Å². The summed E-state index contributed by atoms with van der Waals surface area (Å²) >= 11 is 4.83. The minimum Gasteiger partial charge on any atom is -0.392 e. The van der Waals surface area contributed by atoms with E-state index in [0.717, 1.165) is 12.8 Å². The van der Waals surface area contributed by atoms with Crippen LogP contribution >= 0.6 is 12.2 Å². The Kier molecular flexibility index (Phi) is 5.06. The average Bonchev–Trinajstić information content (AvgIpc) is 2.97. The van der Waals surface area contributed by atoms with Crippen molar-refractivity contribution < 1.29 is 13.2 Å². The quantitative estimate of drug-likeness (QED) is 0.392. The van der Waals surface area contributed by atoms with Gasteiger partial charge in [0.2, 0.25) is 0 Å².